The lowest BCUT2D eigenvalue weighted by Crippen LogP contribution is -2.68. The Morgan fingerprint density at radius 3 is 2.54 bits per heavy atom. The smallest absolute Gasteiger partial charge is 0.327 e. The SMILES string of the molecule is O=C(O)[C@H]1[C@@H](CCc2ccccc2)c2cc(O)c3c(c2N1C(=O)/C=C/c1ccc(O)c(Cc2cnc[nH]2)c1)CC[C@@]1(O3)O[C@H](CO)[C@@H](O)[C@H](O)[C@H]1O. The summed E-state index contributed by atoms with van der Waals surface area (Å²) >= 11 is 0. The van der Waals surface area contributed by atoms with Crippen LogP contribution in [-0.2, 0) is 33.6 Å². The maximum atomic E-state index is 14.3. The fourth-order valence-corrected chi connectivity index (χ4v) is 7.64. The highest BCUT2D eigenvalue weighted by Crippen LogP contribution is 2.55. The summed E-state index contributed by atoms with van der Waals surface area (Å²) in [5.41, 5.74) is 3.88. The summed E-state index contributed by atoms with van der Waals surface area (Å²) in [6.45, 7) is -0.692. The highest BCUT2D eigenvalue weighted by molar-refractivity contribution is 6.10. The molecule has 3 aliphatic rings. The van der Waals surface area contributed by atoms with Gasteiger partial charge in [0.2, 0.25) is 5.79 Å². The maximum Gasteiger partial charge on any atom is 0.327 e. The van der Waals surface area contributed by atoms with Crippen LogP contribution >= 0.6 is 0 Å². The first kappa shape index (κ1) is 35.2. The molecule has 0 aliphatic carbocycles. The molecule has 3 aliphatic heterocycles. The molecular weight excluding hydrogens is 674 g/mol. The number of fused-ring (bicyclic) bond motifs is 3. The lowest BCUT2D eigenvalue weighted by molar-refractivity contribution is -0.342. The Hall–Kier alpha value is -5.25. The van der Waals surface area contributed by atoms with Crippen LogP contribution in [0.25, 0.3) is 6.08 Å². The van der Waals surface area contributed by atoms with E-state index >= 15 is 0 Å². The predicted octanol–water partition coefficient (Wildman–Crippen LogP) is 2.14. The molecule has 1 fully saturated rings. The van der Waals surface area contributed by atoms with E-state index in [1.54, 1.807) is 18.3 Å². The molecule has 0 saturated carbocycles. The minimum Gasteiger partial charge on any atom is -0.508 e. The third-order valence-corrected chi connectivity index (χ3v) is 10.2. The first-order valence-corrected chi connectivity index (χ1v) is 17.0. The van der Waals surface area contributed by atoms with E-state index in [0.29, 0.717) is 41.5 Å². The van der Waals surface area contributed by atoms with Crippen LogP contribution in [-0.4, -0.2) is 100 Å². The van der Waals surface area contributed by atoms with E-state index in [9.17, 15) is 45.3 Å². The zero-order valence-corrected chi connectivity index (χ0v) is 27.9. The molecule has 4 heterocycles. The quantitative estimate of drug-likeness (QED) is 0.117. The number of aliphatic hydroxyl groups excluding tert-OH is 4. The zero-order chi connectivity index (χ0) is 36.7. The van der Waals surface area contributed by atoms with E-state index in [1.165, 1.54) is 35.5 Å². The van der Waals surface area contributed by atoms with E-state index in [1.807, 2.05) is 30.3 Å². The lowest BCUT2D eigenvalue weighted by Gasteiger charge is -2.50. The van der Waals surface area contributed by atoms with Gasteiger partial charge < -0.3 is 50.2 Å². The van der Waals surface area contributed by atoms with E-state index < -0.39 is 66.4 Å². The number of carbonyl (C=O) groups is 2. The second-order valence-electron chi connectivity index (χ2n) is 13.4. The topological polar surface area (TPSA) is 226 Å². The van der Waals surface area contributed by atoms with Crippen LogP contribution in [0.15, 0.2) is 73.2 Å². The number of aromatic amines is 1. The molecule has 4 aromatic rings. The summed E-state index contributed by atoms with van der Waals surface area (Å²) in [6, 6.07) is 14.3. The van der Waals surface area contributed by atoms with Crippen molar-refractivity contribution in [3.63, 3.8) is 0 Å². The van der Waals surface area contributed by atoms with Crippen molar-refractivity contribution in [3.05, 3.63) is 107 Å². The van der Waals surface area contributed by atoms with Crippen LogP contribution < -0.4 is 9.64 Å². The third kappa shape index (κ3) is 6.28. The van der Waals surface area contributed by atoms with Gasteiger partial charge in [0, 0.05) is 47.9 Å². The number of aromatic nitrogens is 2. The van der Waals surface area contributed by atoms with Crippen LogP contribution in [0.3, 0.4) is 0 Å². The monoisotopic (exact) mass is 713 g/mol. The van der Waals surface area contributed by atoms with Gasteiger partial charge in [-0.25, -0.2) is 9.78 Å². The van der Waals surface area contributed by atoms with Crippen molar-refractivity contribution in [3.8, 4) is 17.2 Å². The van der Waals surface area contributed by atoms with Gasteiger partial charge in [-0.3, -0.25) is 9.69 Å². The number of imidazole rings is 1. The van der Waals surface area contributed by atoms with Crippen molar-refractivity contribution in [2.75, 3.05) is 11.5 Å². The van der Waals surface area contributed by atoms with Gasteiger partial charge in [0.25, 0.3) is 5.91 Å². The van der Waals surface area contributed by atoms with Crippen LogP contribution in [0.4, 0.5) is 5.69 Å². The molecule has 1 aromatic heterocycles. The molecule has 7 atom stereocenters. The summed E-state index contributed by atoms with van der Waals surface area (Å²) in [4.78, 5) is 35.6. The normalized spacial score (nSPS) is 26.7. The molecule has 1 saturated heterocycles. The average Bonchev–Trinajstić information content (AvgIpc) is 3.78. The van der Waals surface area contributed by atoms with E-state index in [0.717, 1.165) is 11.3 Å². The highest BCUT2D eigenvalue weighted by atomic mass is 16.7. The van der Waals surface area contributed by atoms with Crippen molar-refractivity contribution in [1.29, 1.82) is 0 Å². The van der Waals surface area contributed by atoms with Crippen LogP contribution in [0, 0.1) is 0 Å². The number of aliphatic hydroxyl groups is 4. The van der Waals surface area contributed by atoms with Gasteiger partial charge in [0.1, 0.15) is 36.2 Å². The van der Waals surface area contributed by atoms with E-state index in [2.05, 4.69) is 9.97 Å². The number of phenolic OH excluding ortho intramolecular Hbond substituents is 2. The summed E-state index contributed by atoms with van der Waals surface area (Å²) in [6.07, 6.45) is 0.552. The number of anilines is 1. The number of H-pyrrole nitrogens is 1. The molecule has 0 bridgehead atoms. The second-order valence-corrected chi connectivity index (χ2v) is 13.4. The Labute approximate surface area is 297 Å². The van der Waals surface area contributed by atoms with Gasteiger partial charge in [-0.05, 0) is 60.2 Å². The van der Waals surface area contributed by atoms with Crippen molar-refractivity contribution in [1.82, 2.24) is 9.97 Å². The molecular formula is C38H39N3O11. The van der Waals surface area contributed by atoms with E-state index in [4.69, 9.17) is 9.47 Å². The zero-order valence-electron chi connectivity index (χ0n) is 27.9. The van der Waals surface area contributed by atoms with Gasteiger partial charge in [-0.1, -0.05) is 36.4 Å². The first-order valence-electron chi connectivity index (χ1n) is 17.0. The summed E-state index contributed by atoms with van der Waals surface area (Å²) in [7, 11) is 0. The fraction of sp³-hybridized carbons (Fsp3) is 0.342. The van der Waals surface area contributed by atoms with Crippen LogP contribution in [0.2, 0.25) is 0 Å². The second kappa shape index (κ2) is 14.1. The third-order valence-electron chi connectivity index (χ3n) is 10.2. The molecule has 0 unspecified atom stereocenters. The summed E-state index contributed by atoms with van der Waals surface area (Å²) in [5, 5.41) is 74.3. The minimum atomic E-state index is -1.97. The molecule has 7 rings (SSSR count). The lowest BCUT2D eigenvalue weighted by atomic mass is 9.84. The van der Waals surface area contributed by atoms with Crippen molar-refractivity contribution >= 4 is 23.6 Å². The highest BCUT2D eigenvalue weighted by Gasteiger charge is 2.58. The van der Waals surface area contributed by atoms with Crippen LogP contribution in [0.5, 0.6) is 17.2 Å². The number of nitrogens with one attached hydrogen (secondary N) is 1. The standard InChI is InChI=1S/C38H39N3O11/c42-18-29-33(46)34(47)36(48)38(51-29)13-12-25-31-26(16-28(44)35(25)52-38)24(9-6-20-4-2-1-3-5-20)32(37(49)50)41(31)30(45)11-8-21-7-10-27(43)22(14-21)15-23-17-39-19-40-23/h1-5,7-8,10-11,14,16-17,19,24,29,32-34,36,42-44,46-48H,6,9,12-13,15,18H2,(H,39,40)(H,49,50)/b11-8+/t24-,29+,32+,33+,34-,36+,38-/m0/s1. The molecule has 14 nitrogen and oxygen atoms in total. The molecule has 3 aromatic carbocycles. The minimum absolute atomic E-state index is 0.00422. The molecule has 0 radical (unpaired) electrons. The maximum absolute atomic E-state index is 14.3. The Morgan fingerprint density at radius 1 is 1.04 bits per heavy atom. The molecule has 272 valence electrons. The first-order chi connectivity index (χ1) is 25.0. The van der Waals surface area contributed by atoms with Crippen molar-refractivity contribution < 1.29 is 54.8 Å². The van der Waals surface area contributed by atoms with Gasteiger partial charge >= 0.3 is 5.97 Å². The number of aliphatic carboxylic acids is 1. The van der Waals surface area contributed by atoms with Gasteiger partial charge in [-0.2, -0.15) is 0 Å². The molecule has 1 spiro atoms. The number of benzene rings is 3. The van der Waals surface area contributed by atoms with Gasteiger partial charge in [0.05, 0.1) is 18.6 Å². The Bertz CT molecular complexity index is 1980. The molecule has 52 heavy (non-hydrogen) atoms. The van der Waals surface area contributed by atoms with E-state index in [-0.39, 0.29) is 30.0 Å². The number of aromatic hydroxyl groups is 2. The number of amides is 1. The average molecular weight is 714 g/mol. The Morgan fingerprint density at radius 2 is 1.83 bits per heavy atom. The number of ether oxygens (including phenoxy) is 2. The van der Waals surface area contributed by atoms with Gasteiger partial charge in [0.15, 0.2) is 11.5 Å². The number of hydrogen-bond acceptors (Lipinski definition) is 11. The number of rotatable bonds is 9. The number of hydrogen-bond donors (Lipinski definition) is 8. The largest absolute Gasteiger partial charge is 0.508 e. The number of carboxylic acid groups (broad SMARTS) is 1. The fourth-order valence-electron chi connectivity index (χ4n) is 7.64. The number of carbonyl (C=O) groups excluding carboxylic acids is 1. The number of aryl methyl sites for hydroxylation is 1. The van der Waals surface area contributed by atoms with Crippen molar-refractivity contribution in [2.45, 2.75) is 74.3 Å². The number of phenols is 2. The van der Waals surface area contributed by atoms with Gasteiger partial charge in [-0.15, -0.1) is 0 Å². The number of carboxylic acids is 1. The predicted molar refractivity (Wildman–Crippen MR) is 185 cm³/mol. The molecule has 8 N–H and O–H groups in total. The Kier molecular flexibility index (Phi) is 9.50. The van der Waals surface area contributed by atoms with Crippen LogP contribution in [0.1, 0.15) is 52.3 Å². The molecule has 1 amide bonds. The number of nitrogens with zero attached hydrogens (tertiary/aromatic N) is 2. The van der Waals surface area contributed by atoms with Crippen molar-refractivity contribution in [2.24, 2.45) is 0 Å². The Balaban J connectivity index is 1.28. The molecule has 14 heteroatoms. The summed E-state index contributed by atoms with van der Waals surface area (Å²) < 4.78 is 11.9. The summed E-state index contributed by atoms with van der Waals surface area (Å²) in [5.74, 6) is -5.12.